The van der Waals surface area contributed by atoms with E-state index in [1.807, 2.05) is 72.4 Å². The molecule has 5 rings (SSSR count). The monoisotopic (exact) mass is 497 g/mol. The lowest BCUT2D eigenvalue weighted by Gasteiger charge is -2.12. The normalized spacial score (nSPS) is 13.0. The summed E-state index contributed by atoms with van der Waals surface area (Å²) in [6, 6.07) is 15.6. The Hall–Kier alpha value is -4.24. The van der Waals surface area contributed by atoms with Gasteiger partial charge in [0.1, 0.15) is 0 Å². The van der Waals surface area contributed by atoms with E-state index in [9.17, 15) is 9.59 Å². The number of imidazole rings is 1. The molecule has 0 radical (unpaired) electrons. The molecule has 2 aromatic carbocycles. The first kappa shape index (κ1) is 24.5. The maximum absolute atomic E-state index is 12.4. The molecule has 1 aliphatic carbocycles. The number of nitrogens with two attached hydrogens (primary N) is 1. The van der Waals surface area contributed by atoms with Crippen LogP contribution in [-0.2, 0) is 11.2 Å². The molecular weight excluding hydrogens is 466 g/mol. The van der Waals surface area contributed by atoms with Gasteiger partial charge < -0.3 is 21.7 Å². The number of benzene rings is 2. The molecule has 37 heavy (non-hydrogen) atoms. The lowest BCUT2D eigenvalue weighted by Crippen LogP contribution is -2.25. The molecule has 0 unspecified atom stereocenters. The second-order valence-corrected chi connectivity index (χ2v) is 9.36. The maximum Gasteiger partial charge on any atom is 0.251 e. The molecule has 9 nitrogen and oxygen atoms in total. The topological polar surface area (TPSA) is 126 Å². The van der Waals surface area contributed by atoms with Crippen LogP contribution < -0.4 is 21.7 Å². The van der Waals surface area contributed by atoms with Crippen molar-refractivity contribution in [1.82, 2.24) is 25.0 Å². The first-order valence-corrected chi connectivity index (χ1v) is 12.6. The van der Waals surface area contributed by atoms with Gasteiger partial charge in [0.15, 0.2) is 11.5 Å². The first-order valence-electron chi connectivity index (χ1n) is 12.6. The van der Waals surface area contributed by atoms with Crippen molar-refractivity contribution in [3.8, 4) is 22.5 Å². The summed E-state index contributed by atoms with van der Waals surface area (Å²) in [4.78, 5) is 33.4. The fraction of sp³-hybridized carbons (Fsp3) is 0.286. The Bertz CT molecular complexity index is 1420. The van der Waals surface area contributed by atoms with Gasteiger partial charge in [-0.25, -0.2) is 9.97 Å². The van der Waals surface area contributed by atoms with Gasteiger partial charge in [0.25, 0.3) is 5.91 Å². The van der Waals surface area contributed by atoms with Crippen LogP contribution in [0, 0.1) is 0 Å². The molecular formula is C28H31N7O2. The number of hydrogen-bond acceptors (Lipinski definition) is 6. The molecule has 0 bridgehead atoms. The fourth-order valence-corrected chi connectivity index (χ4v) is 4.26. The van der Waals surface area contributed by atoms with Gasteiger partial charge in [-0.1, -0.05) is 30.3 Å². The molecule has 9 heteroatoms. The number of primary amides is 1. The Morgan fingerprint density at radius 3 is 2.62 bits per heavy atom. The molecule has 1 saturated carbocycles. The van der Waals surface area contributed by atoms with Crippen LogP contribution in [0.4, 0.5) is 5.82 Å². The third-order valence-electron chi connectivity index (χ3n) is 6.34. The zero-order valence-electron chi connectivity index (χ0n) is 20.8. The molecule has 0 spiro atoms. The van der Waals surface area contributed by atoms with Gasteiger partial charge in [-0.05, 0) is 56.6 Å². The van der Waals surface area contributed by atoms with Gasteiger partial charge in [0.2, 0.25) is 5.91 Å². The summed E-state index contributed by atoms with van der Waals surface area (Å²) < 4.78 is 2.02. The molecule has 4 aromatic rings. The van der Waals surface area contributed by atoms with E-state index in [-0.39, 0.29) is 18.2 Å². The molecule has 2 aromatic heterocycles. The first-order chi connectivity index (χ1) is 18.0. The number of hydrogen-bond donors (Lipinski definition) is 4. The van der Waals surface area contributed by atoms with E-state index < -0.39 is 0 Å². The van der Waals surface area contributed by atoms with E-state index in [1.54, 1.807) is 0 Å². The molecule has 5 N–H and O–H groups in total. The summed E-state index contributed by atoms with van der Waals surface area (Å²) in [6.07, 6.45) is 6.98. The lowest BCUT2D eigenvalue weighted by molar-refractivity contribution is -0.117. The Balaban J connectivity index is 1.52. The van der Waals surface area contributed by atoms with E-state index in [0.29, 0.717) is 23.1 Å². The number of aromatic nitrogens is 3. The second-order valence-electron chi connectivity index (χ2n) is 9.36. The van der Waals surface area contributed by atoms with Crippen LogP contribution in [0.25, 0.3) is 28.2 Å². The van der Waals surface area contributed by atoms with Crippen LogP contribution >= 0.6 is 0 Å². The SMILES string of the molecule is CNCCCNc1nc(-c2cccc(CC(N)=O)c2)cn2c(-c3ccc(C(=O)NC4CC4)cc3)cnc12. The molecule has 0 aliphatic heterocycles. The molecule has 2 amide bonds. The van der Waals surface area contributed by atoms with Gasteiger partial charge >= 0.3 is 0 Å². The van der Waals surface area contributed by atoms with Crippen LogP contribution in [0.15, 0.2) is 60.9 Å². The van der Waals surface area contributed by atoms with E-state index in [1.165, 1.54) is 0 Å². The minimum atomic E-state index is -0.376. The summed E-state index contributed by atoms with van der Waals surface area (Å²) in [7, 11) is 1.93. The molecule has 2 heterocycles. The summed E-state index contributed by atoms with van der Waals surface area (Å²) >= 11 is 0. The van der Waals surface area contributed by atoms with Crippen molar-refractivity contribution in [2.24, 2.45) is 5.73 Å². The number of nitrogens with one attached hydrogen (secondary N) is 3. The van der Waals surface area contributed by atoms with Crippen molar-refractivity contribution in [1.29, 1.82) is 0 Å². The number of rotatable bonds is 11. The van der Waals surface area contributed by atoms with Crippen molar-refractivity contribution in [2.75, 3.05) is 25.5 Å². The highest BCUT2D eigenvalue weighted by atomic mass is 16.2. The van der Waals surface area contributed by atoms with Gasteiger partial charge in [0, 0.05) is 35.5 Å². The smallest absolute Gasteiger partial charge is 0.251 e. The number of carbonyl (C=O) groups excluding carboxylic acids is 2. The van der Waals surface area contributed by atoms with Crippen molar-refractivity contribution < 1.29 is 9.59 Å². The summed E-state index contributed by atoms with van der Waals surface area (Å²) in [5.41, 5.74) is 11.1. The minimum Gasteiger partial charge on any atom is -0.369 e. The fourth-order valence-electron chi connectivity index (χ4n) is 4.26. The predicted molar refractivity (Wildman–Crippen MR) is 144 cm³/mol. The quantitative estimate of drug-likeness (QED) is 0.236. The number of fused-ring (bicyclic) bond motifs is 1. The van der Waals surface area contributed by atoms with E-state index in [2.05, 4.69) is 20.9 Å². The van der Waals surface area contributed by atoms with Crippen LogP contribution in [-0.4, -0.2) is 52.4 Å². The number of nitrogens with zero attached hydrogens (tertiary/aromatic N) is 3. The maximum atomic E-state index is 12.4. The largest absolute Gasteiger partial charge is 0.369 e. The van der Waals surface area contributed by atoms with Gasteiger partial charge in [-0.15, -0.1) is 0 Å². The predicted octanol–water partition coefficient (Wildman–Crippen LogP) is 3.00. The van der Waals surface area contributed by atoms with Gasteiger partial charge in [0.05, 0.1) is 24.0 Å². The van der Waals surface area contributed by atoms with Crippen molar-refractivity contribution in [3.05, 3.63) is 72.1 Å². The zero-order valence-corrected chi connectivity index (χ0v) is 20.8. The van der Waals surface area contributed by atoms with E-state index >= 15 is 0 Å². The summed E-state index contributed by atoms with van der Waals surface area (Å²) in [6.45, 7) is 1.63. The number of anilines is 1. The molecule has 0 saturated heterocycles. The molecule has 190 valence electrons. The Morgan fingerprint density at radius 1 is 1.08 bits per heavy atom. The minimum absolute atomic E-state index is 0.0393. The zero-order chi connectivity index (χ0) is 25.8. The number of amides is 2. The van der Waals surface area contributed by atoms with Crippen LogP contribution in [0.5, 0.6) is 0 Å². The second kappa shape index (κ2) is 10.8. The third kappa shape index (κ3) is 5.78. The average molecular weight is 498 g/mol. The highest BCUT2D eigenvalue weighted by molar-refractivity contribution is 5.95. The van der Waals surface area contributed by atoms with Crippen molar-refractivity contribution in [2.45, 2.75) is 31.7 Å². The van der Waals surface area contributed by atoms with Crippen LogP contribution in [0.1, 0.15) is 35.2 Å². The molecule has 0 atom stereocenters. The van der Waals surface area contributed by atoms with Crippen molar-refractivity contribution in [3.63, 3.8) is 0 Å². The summed E-state index contributed by atoms with van der Waals surface area (Å²) in [5, 5.41) is 9.61. The summed E-state index contributed by atoms with van der Waals surface area (Å²) in [5.74, 6) is 0.266. The van der Waals surface area contributed by atoms with Crippen LogP contribution in [0.3, 0.4) is 0 Å². The Labute approximate surface area is 215 Å². The highest BCUT2D eigenvalue weighted by Crippen LogP contribution is 2.28. The third-order valence-corrected chi connectivity index (χ3v) is 6.34. The van der Waals surface area contributed by atoms with Gasteiger partial charge in [-0.2, -0.15) is 0 Å². The average Bonchev–Trinajstić information content (AvgIpc) is 3.61. The molecule has 1 aliphatic rings. The van der Waals surface area contributed by atoms with E-state index in [4.69, 9.17) is 10.7 Å². The lowest BCUT2D eigenvalue weighted by atomic mass is 10.1. The van der Waals surface area contributed by atoms with Gasteiger partial charge in [-0.3, -0.25) is 14.0 Å². The highest BCUT2D eigenvalue weighted by Gasteiger charge is 2.23. The van der Waals surface area contributed by atoms with Crippen LogP contribution in [0.2, 0.25) is 0 Å². The van der Waals surface area contributed by atoms with Crippen molar-refractivity contribution >= 4 is 23.3 Å². The Kier molecular flexibility index (Phi) is 7.14. The standard InChI is InChI=1S/C28H31N7O2/c1-30-12-3-13-31-26-27-32-16-24(19-6-8-20(9-7-19)28(37)33-22-10-11-22)35(27)17-23(34-26)21-5-2-4-18(14-21)15-25(29)36/h2,4-9,14,16-17,22,30H,3,10-13,15H2,1H3,(H2,29,36)(H,31,34)(H,33,37). The number of carbonyl (C=O) groups is 2. The van der Waals surface area contributed by atoms with E-state index in [0.717, 1.165) is 60.4 Å². The molecule has 1 fully saturated rings. The Morgan fingerprint density at radius 2 is 1.89 bits per heavy atom.